The van der Waals surface area contributed by atoms with Gasteiger partial charge in [-0.15, -0.1) is 11.3 Å². The van der Waals surface area contributed by atoms with Gasteiger partial charge in [0.05, 0.1) is 17.9 Å². The van der Waals surface area contributed by atoms with Crippen LogP contribution in [0.15, 0.2) is 16.9 Å². The lowest BCUT2D eigenvalue weighted by molar-refractivity contribution is 0.332. The zero-order chi connectivity index (χ0) is 16.1. The Bertz CT molecular complexity index is 793. The van der Waals surface area contributed by atoms with Crippen molar-refractivity contribution < 1.29 is 0 Å². The van der Waals surface area contributed by atoms with E-state index in [0.717, 1.165) is 31.7 Å². The van der Waals surface area contributed by atoms with Gasteiger partial charge >= 0.3 is 0 Å². The van der Waals surface area contributed by atoms with Gasteiger partial charge in [0.15, 0.2) is 5.13 Å². The summed E-state index contributed by atoms with van der Waals surface area (Å²) in [6, 6.07) is 3.59. The zero-order valence-corrected chi connectivity index (χ0v) is 14.6. The quantitative estimate of drug-likeness (QED) is 0.857. The van der Waals surface area contributed by atoms with Crippen LogP contribution in [0.4, 0.5) is 5.13 Å². The van der Waals surface area contributed by atoms with Gasteiger partial charge in [-0.05, 0) is 44.6 Å². The number of anilines is 1. The second-order valence-corrected chi connectivity index (χ2v) is 8.46. The minimum Gasteiger partial charge on any atom is -0.347 e. The molecule has 6 heteroatoms. The Balaban J connectivity index is 1.25. The molecule has 2 aliphatic carbocycles. The topological polar surface area (TPSA) is 51.0 Å². The Morgan fingerprint density at radius 3 is 2.79 bits per heavy atom. The van der Waals surface area contributed by atoms with Crippen LogP contribution in [0.3, 0.4) is 0 Å². The van der Waals surface area contributed by atoms with Crippen LogP contribution in [-0.4, -0.2) is 27.9 Å². The van der Waals surface area contributed by atoms with Crippen LogP contribution in [0.2, 0.25) is 0 Å². The van der Waals surface area contributed by atoms with Gasteiger partial charge in [-0.3, -0.25) is 4.79 Å². The molecule has 3 aliphatic rings. The fourth-order valence-corrected chi connectivity index (χ4v) is 4.92. The molecule has 2 aromatic rings. The van der Waals surface area contributed by atoms with Gasteiger partial charge in [-0.25, -0.2) is 9.67 Å². The Morgan fingerprint density at radius 2 is 2.00 bits per heavy atom. The molecule has 0 aromatic carbocycles. The van der Waals surface area contributed by atoms with Gasteiger partial charge in [-0.1, -0.05) is 0 Å². The molecule has 0 spiro atoms. The second kappa shape index (κ2) is 5.69. The van der Waals surface area contributed by atoms with E-state index in [2.05, 4.69) is 10.00 Å². The number of aryl methyl sites for hydroxylation is 2. The largest absolute Gasteiger partial charge is 0.347 e. The summed E-state index contributed by atoms with van der Waals surface area (Å²) >= 11 is 1.88. The Hall–Kier alpha value is -1.69. The van der Waals surface area contributed by atoms with Gasteiger partial charge in [0.1, 0.15) is 0 Å². The standard InChI is InChI=1S/C18H22N4OS/c23-17-8-7-14(13-5-6-13)20-22(17)11-12-9-21(10-12)18-19-15-3-1-2-4-16(15)24-18/h7-8,12-13H,1-6,9-11H2. The van der Waals surface area contributed by atoms with Crippen LogP contribution in [-0.2, 0) is 19.4 Å². The van der Waals surface area contributed by atoms with E-state index in [1.54, 1.807) is 10.7 Å². The maximum absolute atomic E-state index is 12.1. The summed E-state index contributed by atoms with van der Waals surface area (Å²) in [5.74, 6) is 1.10. The molecule has 0 atom stereocenters. The number of rotatable bonds is 4. The van der Waals surface area contributed by atoms with E-state index in [9.17, 15) is 4.79 Å². The van der Waals surface area contributed by atoms with Crippen molar-refractivity contribution in [3.8, 4) is 0 Å². The fraction of sp³-hybridized carbons (Fsp3) is 0.611. The van der Waals surface area contributed by atoms with Crippen LogP contribution < -0.4 is 10.5 Å². The molecule has 0 N–H and O–H groups in total. The van der Waals surface area contributed by atoms with Crippen LogP contribution in [0.25, 0.3) is 0 Å². The lowest BCUT2D eigenvalue weighted by Gasteiger charge is -2.39. The maximum atomic E-state index is 12.1. The first kappa shape index (κ1) is 14.6. The average Bonchev–Trinajstić information content (AvgIpc) is 3.31. The number of aromatic nitrogens is 3. The second-order valence-electron chi connectivity index (χ2n) is 7.40. The monoisotopic (exact) mass is 342 g/mol. The molecule has 1 aliphatic heterocycles. The third kappa shape index (κ3) is 2.66. The molecule has 2 aromatic heterocycles. The highest BCUT2D eigenvalue weighted by molar-refractivity contribution is 7.15. The molecule has 1 saturated carbocycles. The molecular formula is C18H22N4OS. The van der Waals surface area contributed by atoms with Gasteiger partial charge < -0.3 is 4.90 Å². The van der Waals surface area contributed by atoms with E-state index in [-0.39, 0.29) is 5.56 Å². The number of thiazole rings is 1. The van der Waals surface area contributed by atoms with Gasteiger partial charge in [0, 0.05) is 35.9 Å². The molecule has 126 valence electrons. The minimum absolute atomic E-state index is 0.0302. The predicted octanol–water partition coefficient (Wildman–Crippen LogP) is 2.59. The van der Waals surface area contributed by atoms with Crippen molar-refractivity contribution in [1.82, 2.24) is 14.8 Å². The highest BCUT2D eigenvalue weighted by Crippen LogP contribution is 2.38. The molecule has 3 heterocycles. The third-order valence-electron chi connectivity index (χ3n) is 5.38. The number of fused-ring (bicyclic) bond motifs is 1. The average molecular weight is 342 g/mol. The number of hydrogen-bond donors (Lipinski definition) is 0. The molecule has 1 saturated heterocycles. The van der Waals surface area contributed by atoms with E-state index in [1.807, 2.05) is 17.4 Å². The summed E-state index contributed by atoms with van der Waals surface area (Å²) in [4.78, 5) is 20.7. The minimum atomic E-state index is 0.0302. The Kier molecular flexibility index (Phi) is 3.47. The van der Waals surface area contributed by atoms with E-state index in [1.165, 1.54) is 47.8 Å². The van der Waals surface area contributed by atoms with Crippen LogP contribution in [0.5, 0.6) is 0 Å². The maximum Gasteiger partial charge on any atom is 0.266 e. The zero-order valence-electron chi connectivity index (χ0n) is 13.8. The van der Waals surface area contributed by atoms with Crippen molar-refractivity contribution in [2.75, 3.05) is 18.0 Å². The molecule has 0 radical (unpaired) electrons. The van der Waals surface area contributed by atoms with Crippen molar-refractivity contribution in [1.29, 1.82) is 0 Å². The number of hydrogen-bond acceptors (Lipinski definition) is 5. The van der Waals surface area contributed by atoms with Crippen molar-refractivity contribution in [2.24, 2.45) is 5.92 Å². The lowest BCUT2D eigenvalue weighted by atomic mass is 10.0. The summed E-state index contributed by atoms with van der Waals surface area (Å²) in [5.41, 5.74) is 2.46. The summed E-state index contributed by atoms with van der Waals surface area (Å²) < 4.78 is 1.68. The third-order valence-corrected chi connectivity index (χ3v) is 6.59. The summed E-state index contributed by atoms with van der Waals surface area (Å²) in [6.45, 7) is 2.73. The predicted molar refractivity (Wildman–Crippen MR) is 94.9 cm³/mol. The normalized spacial score (nSPS) is 20.8. The highest BCUT2D eigenvalue weighted by Gasteiger charge is 2.31. The van der Waals surface area contributed by atoms with Crippen LogP contribution in [0, 0.1) is 5.92 Å². The van der Waals surface area contributed by atoms with Gasteiger partial charge in [0.25, 0.3) is 5.56 Å². The molecule has 24 heavy (non-hydrogen) atoms. The Morgan fingerprint density at radius 1 is 1.17 bits per heavy atom. The Labute approximate surface area is 145 Å². The van der Waals surface area contributed by atoms with Crippen LogP contribution >= 0.6 is 11.3 Å². The number of nitrogens with zero attached hydrogens (tertiary/aromatic N) is 4. The molecule has 0 amide bonds. The molecule has 5 nitrogen and oxygen atoms in total. The highest BCUT2D eigenvalue weighted by atomic mass is 32.1. The SMILES string of the molecule is O=c1ccc(C2CC2)nn1CC1CN(c2nc3c(s2)CCCC3)C1. The van der Waals surface area contributed by atoms with Crippen LogP contribution in [0.1, 0.15) is 47.9 Å². The van der Waals surface area contributed by atoms with Gasteiger partial charge in [-0.2, -0.15) is 5.10 Å². The van der Waals surface area contributed by atoms with Crippen molar-refractivity contribution in [3.63, 3.8) is 0 Å². The first-order valence-corrected chi connectivity index (χ1v) is 9.89. The van der Waals surface area contributed by atoms with Crippen molar-refractivity contribution >= 4 is 16.5 Å². The molecule has 2 fully saturated rings. The molecule has 5 rings (SSSR count). The smallest absolute Gasteiger partial charge is 0.266 e. The first-order chi connectivity index (χ1) is 11.8. The van der Waals surface area contributed by atoms with E-state index < -0.39 is 0 Å². The van der Waals surface area contributed by atoms with Crippen molar-refractivity contribution in [2.45, 2.75) is 51.0 Å². The molecule has 0 bridgehead atoms. The molecule has 0 unspecified atom stereocenters. The lowest BCUT2D eigenvalue weighted by Crippen LogP contribution is -2.49. The summed E-state index contributed by atoms with van der Waals surface area (Å²) in [5, 5.41) is 5.76. The van der Waals surface area contributed by atoms with E-state index in [4.69, 9.17) is 4.98 Å². The first-order valence-electron chi connectivity index (χ1n) is 9.08. The fourth-order valence-electron chi connectivity index (χ4n) is 3.75. The van der Waals surface area contributed by atoms with E-state index in [0.29, 0.717) is 11.8 Å². The molecular weight excluding hydrogens is 320 g/mol. The van der Waals surface area contributed by atoms with Crippen molar-refractivity contribution in [3.05, 3.63) is 38.8 Å². The van der Waals surface area contributed by atoms with E-state index >= 15 is 0 Å². The summed E-state index contributed by atoms with van der Waals surface area (Å²) in [7, 11) is 0. The van der Waals surface area contributed by atoms with Gasteiger partial charge in [0.2, 0.25) is 0 Å². The summed E-state index contributed by atoms with van der Waals surface area (Å²) in [6.07, 6.45) is 7.38.